The molecule has 26 heavy (non-hydrogen) atoms. The van der Waals surface area contributed by atoms with Gasteiger partial charge in [-0.25, -0.2) is 8.78 Å². The van der Waals surface area contributed by atoms with Gasteiger partial charge >= 0.3 is 0 Å². The number of hydrogen-bond donors (Lipinski definition) is 0. The van der Waals surface area contributed by atoms with E-state index in [1.54, 1.807) is 4.90 Å². The summed E-state index contributed by atoms with van der Waals surface area (Å²) >= 11 is 0. The smallest absolute Gasteiger partial charge is 0.254 e. The van der Waals surface area contributed by atoms with Gasteiger partial charge in [0.15, 0.2) is 11.6 Å². The van der Waals surface area contributed by atoms with Gasteiger partial charge in [-0.15, -0.1) is 0 Å². The van der Waals surface area contributed by atoms with E-state index in [0.717, 1.165) is 37.5 Å². The molecule has 1 amide bonds. The van der Waals surface area contributed by atoms with E-state index in [1.165, 1.54) is 11.6 Å². The van der Waals surface area contributed by atoms with Gasteiger partial charge in [-0.2, -0.15) is 0 Å². The van der Waals surface area contributed by atoms with Crippen LogP contribution in [0.2, 0.25) is 0 Å². The second-order valence-corrected chi connectivity index (χ2v) is 6.27. The Morgan fingerprint density at radius 3 is 2.31 bits per heavy atom. The lowest BCUT2D eigenvalue weighted by molar-refractivity contribution is 0.0628. The Morgan fingerprint density at radius 2 is 1.69 bits per heavy atom. The monoisotopic (exact) mass is 360 g/mol. The lowest BCUT2D eigenvalue weighted by Crippen LogP contribution is -2.48. The van der Waals surface area contributed by atoms with Crippen molar-refractivity contribution < 1.29 is 18.3 Å². The summed E-state index contributed by atoms with van der Waals surface area (Å²) in [6, 6.07) is 11.3. The van der Waals surface area contributed by atoms with Crippen molar-refractivity contribution in [3.05, 3.63) is 65.2 Å². The van der Waals surface area contributed by atoms with Crippen LogP contribution in [-0.2, 0) is 6.54 Å². The minimum atomic E-state index is -0.995. The normalized spacial score (nSPS) is 15.1. The van der Waals surface area contributed by atoms with E-state index in [-0.39, 0.29) is 11.5 Å². The minimum Gasteiger partial charge on any atom is -0.494 e. The summed E-state index contributed by atoms with van der Waals surface area (Å²) in [5.41, 5.74) is 1.37. The van der Waals surface area contributed by atoms with E-state index in [9.17, 15) is 13.6 Å². The maximum Gasteiger partial charge on any atom is 0.254 e. The molecule has 2 aromatic carbocycles. The van der Waals surface area contributed by atoms with Gasteiger partial charge in [-0.05, 0) is 42.8 Å². The summed E-state index contributed by atoms with van der Waals surface area (Å²) < 4.78 is 31.8. The topological polar surface area (TPSA) is 32.8 Å². The molecule has 0 spiro atoms. The first-order valence-corrected chi connectivity index (χ1v) is 8.75. The molecule has 0 aliphatic carbocycles. The average molecular weight is 360 g/mol. The highest BCUT2D eigenvalue weighted by atomic mass is 19.2. The van der Waals surface area contributed by atoms with Gasteiger partial charge in [0.1, 0.15) is 5.75 Å². The number of carbonyl (C=O) groups excluding carboxylic acids is 1. The maximum absolute atomic E-state index is 13.3. The lowest BCUT2D eigenvalue weighted by atomic mass is 10.1. The average Bonchev–Trinajstić information content (AvgIpc) is 2.66. The quantitative estimate of drug-likeness (QED) is 0.820. The van der Waals surface area contributed by atoms with Gasteiger partial charge in [-0.3, -0.25) is 9.69 Å². The zero-order valence-electron chi connectivity index (χ0n) is 14.8. The van der Waals surface area contributed by atoms with Crippen LogP contribution in [0.1, 0.15) is 22.8 Å². The molecule has 0 aromatic heterocycles. The van der Waals surface area contributed by atoms with Crippen molar-refractivity contribution in [1.82, 2.24) is 9.80 Å². The Kier molecular flexibility index (Phi) is 5.83. The first-order chi connectivity index (χ1) is 12.6. The Morgan fingerprint density at radius 1 is 1.00 bits per heavy atom. The molecule has 6 heteroatoms. The van der Waals surface area contributed by atoms with Crippen LogP contribution in [0.15, 0.2) is 42.5 Å². The predicted molar refractivity (Wildman–Crippen MR) is 95.1 cm³/mol. The molecule has 0 unspecified atom stereocenters. The number of rotatable bonds is 5. The molecule has 3 rings (SSSR count). The largest absolute Gasteiger partial charge is 0.494 e. The van der Waals surface area contributed by atoms with Gasteiger partial charge in [0.25, 0.3) is 5.91 Å². The van der Waals surface area contributed by atoms with Crippen LogP contribution in [0.25, 0.3) is 0 Å². The van der Waals surface area contributed by atoms with Crippen molar-refractivity contribution in [2.45, 2.75) is 13.5 Å². The van der Waals surface area contributed by atoms with Crippen LogP contribution in [0, 0.1) is 11.6 Å². The van der Waals surface area contributed by atoms with Crippen LogP contribution in [0.3, 0.4) is 0 Å². The molecular weight excluding hydrogens is 338 g/mol. The van der Waals surface area contributed by atoms with E-state index in [1.807, 2.05) is 31.2 Å². The lowest BCUT2D eigenvalue weighted by Gasteiger charge is -2.34. The Balaban J connectivity index is 1.53. The Bertz CT molecular complexity index is 757. The summed E-state index contributed by atoms with van der Waals surface area (Å²) in [5, 5.41) is 0. The van der Waals surface area contributed by atoms with E-state index in [2.05, 4.69) is 4.90 Å². The molecule has 0 saturated carbocycles. The number of nitrogens with zero attached hydrogens (tertiary/aromatic N) is 2. The summed E-state index contributed by atoms with van der Waals surface area (Å²) in [5.74, 6) is -1.34. The van der Waals surface area contributed by atoms with E-state index in [4.69, 9.17) is 4.74 Å². The molecule has 1 fully saturated rings. The highest BCUT2D eigenvalue weighted by Crippen LogP contribution is 2.16. The number of piperazine rings is 1. The molecule has 1 aliphatic heterocycles. The molecule has 0 bridgehead atoms. The molecule has 0 N–H and O–H groups in total. The molecule has 0 radical (unpaired) electrons. The third-order valence-electron chi connectivity index (χ3n) is 4.47. The van der Waals surface area contributed by atoms with Gasteiger partial charge in [0, 0.05) is 38.3 Å². The van der Waals surface area contributed by atoms with Gasteiger partial charge in [-0.1, -0.05) is 12.1 Å². The maximum atomic E-state index is 13.3. The van der Waals surface area contributed by atoms with Crippen molar-refractivity contribution in [2.24, 2.45) is 0 Å². The SMILES string of the molecule is CCOc1ccc(CN2CCN(C(=O)c3ccc(F)c(F)c3)CC2)cc1. The van der Waals surface area contributed by atoms with Crippen molar-refractivity contribution in [2.75, 3.05) is 32.8 Å². The van der Waals surface area contributed by atoms with Crippen molar-refractivity contribution in [3.8, 4) is 5.75 Å². The summed E-state index contributed by atoms with van der Waals surface area (Å²) in [4.78, 5) is 16.4. The molecule has 0 atom stereocenters. The summed E-state index contributed by atoms with van der Waals surface area (Å²) in [6.45, 7) is 6.01. The first kappa shape index (κ1) is 18.3. The van der Waals surface area contributed by atoms with Crippen LogP contribution < -0.4 is 4.74 Å². The minimum absolute atomic E-state index is 0.184. The number of amides is 1. The third-order valence-corrected chi connectivity index (χ3v) is 4.47. The zero-order chi connectivity index (χ0) is 18.5. The zero-order valence-corrected chi connectivity index (χ0v) is 14.8. The Labute approximate surface area is 152 Å². The molecule has 1 saturated heterocycles. The molecule has 4 nitrogen and oxygen atoms in total. The fraction of sp³-hybridized carbons (Fsp3) is 0.350. The number of benzene rings is 2. The highest BCUT2D eigenvalue weighted by molar-refractivity contribution is 5.94. The second-order valence-electron chi connectivity index (χ2n) is 6.27. The summed E-state index contributed by atoms with van der Waals surface area (Å²) in [7, 11) is 0. The van der Waals surface area contributed by atoms with Crippen molar-refractivity contribution >= 4 is 5.91 Å². The molecule has 2 aromatic rings. The second kappa shape index (κ2) is 8.27. The fourth-order valence-corrected chi connectivity index (χ4v) is 3.04. The molecule has 1 aliphatic rings. The van der Waals surface area contributed by atoms with Crippen LogP contribution in [0.5, 0.6) is 5.75 Å². The first-order valence-electron chi connectivity index (χ1n) is 8.75. The molecule has 138 valence electrons. The molecule has 1 heterocycles. The van der Waals surface area contributed by atoms with E-state index in [0.29, 0.717) is 19.7 Å². The van der Waals surface area contributed by atoms with Crippen LogP contribution in [0.4, 0.5) is 8.78 Å². The summed E-state index contributed by atoms with van der Waals surface area (Å²) in [6.07, 6.45) is 0. The predicted octanol–water partition coefficient (Wildman–Crippen LogP) is 3.32. The van der Waals surface area contributed by atoms with Crippen LogP contribution in [-0.4, -0.2) is 48.5 Å². The third kappa shape index (κ3) is 4.38. The fourth-order valence-electron chi connectivity index (χ4n) is 3.04. The van der Waals surface area contributed by atoms with Gasteiger partial charge < -0.3 is 9.64 Å². The highest BCUT2D eigenvalue weighted by Gasteiger charge is 2.22. The number of hydrogen-bond acceptors (Lipinski definition) is 3. The molecular formula is C20H22F2N2O2. The number of ether oxygens (including phenoxy) is 1. The van der Waals surface area contributed by atoms with Crippen LogP contribution >= 0.6 is 0 Å². The van der Waals surface area contributed by atoms with E-state index >= 15 is 0 Å². The number of halogens is 2. The Hall–Kier alpha value is -2.47. The number of carbonyl (C=O) groups is 1. The van der Waals surface area contributed by atoms with Crippen molar-refractivity contribution in [3.63, 3.8) is 0 Å². The van der Waals surface area contributed by atoms with Crippen molar-refractivity contribution in [1.29, 1.82) is 0 Å². The van der Waals surface area contributed by atoms with Gasteiger partial charge in [0.2, 0.25) is 0 Å². The van der Waals surface area contributed by atoms with Gasteiger partial charge in [0.05, 0.1) is 6.61 Å². The van der Waals surface area contributed by atoms with E-state index < -0.39 is 11.6 Å². The standard InChI is InChI=1S/C20H22F2N2O2/c1-2-26-17-6-3-15(4-7-17)14-23-9-11-24(12-10-23)20(25)16-5-8-18(21)19(22)13-16/h3-8,13H,2,9-12,14H2,1H3.